The summed E-state index contributed by atoms with van der Waals surface area (Å²) >= 11 is 0. The molecule has 1 unspecified atom stereocenters. The maximum Gasteiger partial charge on any atom is -0.000824 e. The Morgan fingerprint density at radius 2 is 1.67 bits per heavy atom. The molecule has 1 rings (SSSR count). The molecule has 0 saturated heterocycles. The third-order valence-corrected chi connectivity index (χ3v) is 2.93. The summed E-state index contributed by atoms with van der Waals surface area (Å²) < 4.78 is 0. The molecule has 0 aromatic heterocycles. The average Bonchev–Trinajstić information content (AvgIpc) is 2.21. The number of hydrogen-bond acceptors (Lipinski definition) is 1. The van der Waals surface area contributed by atoms with Gasteiger partial charge in [0.15, 0.2) is 0 Å². The molecule has 84 valence electrons. The number of aryl methyl sites for hydroxylation is 1. The molecule has 0 fully saturated rings. The average molecular weight is 205 g/mol. The molecule has 1 nitrogen and oxygen atoms in total. The van der Waals surface area contributed by atoms with Gasteiger partial charge in [-0.05, 0) is 37.3 Å². The van der Waals surface area contributed by atoms with Crippen molar-refractivity contribution in [2.24, 2.45) is 11.7 Å². The zero-order chi connectivity index (χ0) is 11.3. The molecular formula is C14H23N. The summed E-state index contributed by atoms with van der Waals surface area (Å²) in [5, 5.41) is 0. The van der Waals surface area contributed by atoms with E-state index in [0.29, 0.717) is 5.92 Å². The predicted octanol–water partition coefficient (Wildman–Crippen LogP) is 3.47. The van der Waals surface area contributed by atoms with Gasteiger partial charge in [0.05, 0.1) is 0 Å². The van der Waals surface area contributed by atoms with Crippen LogP contribution in [0.4, 0.5) is 0 Å². The van der Waals surface area contributed by atoms with Crippen LogP contribution in [0.3, 0.4) is 0 Å². The van der Waals surface area contributed by atoms with E-state index in [1.165, 1.54) is 24.0 Å². The first kappa shape index (κ1) is 12.3. The topological polar surface area (TPSA) is 26.0 Å². The predicted molar refractivity (Wildman–Crippen MR) is 67.0 cm³/mol. The van der Waals surface area contributed by atoms with E-state index in [4.69, 9.17) is 5.73 Å². The van der Waals surface area contributed by atoms with Crippen LogP contribution in [0, 0.1) is 12.8 Å². The summed E-state index contributed by atoms with van der Waals surface area (Å²) in [4.78, 5) is 0. The molecule has 0 aliphatic heterocycles. The first-order valence-electron chi connectivity index (χ1n) is 5.90. The maximum atomic E-state index is 5.83. The molecule has 0 heterocycles. The lowest BCUT2D eigenvalue weighted by molar-refractivity contribution is 0.503. The third kappa shape index (κ3) is 4.05. The molecule has 1 aromatic carbocycles. The van der Waals surface area contributed by atoms with Crippen molar-refractivity contribution < 1.29 is 0 Å². The molecule has 1 atom stereocenters. The van der Waals surface area contributed by atoms with Crippen molar-refractivity contribution in [3.05, 3.63) is 35.4 Å². The van der Waals surface area contributed by atoms with Gasteiger partial charge in [-0.25, -0.2) is 0 Å². The Hall–Kier alpha value is -0.820. The number of hydrogen-bond donors (Lipinski definition) is 1. The van der Waals surface area contributed by atoms with Gasteiger partial charge in [-0.3, -0.25) is 0 Å². The summed E-state index contributed by atoms with van der Waals surface area (Å²) in [6, 6.07) is 8.78. The molecule has 0 aliphatic rings. The fourth-order valence-electron chi connectivity index (χ4n) is 1.79. The molecule has 0 radical (unpaired) electrons. The van der Waals surface area contributed by atoms with E-state index in [1.807, 2.05) is 0 Å². The molecule has 0 spiro atoms. The van der Waals surface area contributed by atoms with E-state index in [0.717, 1.165) is 12.5 Å². The van der Waals surface area contributed by atoms with E-state index < -0.39 is 0 Å². The van der Waals surface area contributed by atoms with Gasteiger partial charge in [0.25, 0.3) is 0 Å². The van der Waals surface area contributed by atoms with Gasteiger partial charge in [0, 0.05) is 0 Å². The lowest BCUT2D eigenvalue weighted by Gasteiger charge is -2.16. The Morgan fingerprint density at radius 3 is 2.13 bits per heavy atom. The van der Waals surface area contributed by atoms with Crippen LogP contribution in [0.5, 0.6) is 0 Å². The van der Waals surface area contributed by atoms with Gasteiger partial charge in [-0.2, -0.15) is 0 Å². The quantitative estimate of drug-likeness (QED) is 0.782. The van der Waals surface area contributed by atoms with Crippen molar-refractivity contribution in [3.8, 4) is 0 Å². The highest BCUT2D eigenvalue weighted by molar-refractivity contribution is 5.24. The molecule has 1 aromatic rings. The summed E-state index contributed by atoms with van der Waals surface area (Å²) in [5.74, 6) is 1.30. The van der Waals surface area contributed by atoms with E-state index in [-0.39, 0.29) is 0 Å². The van der Waals surface area contributed by atoms with Crippen LogP contribution in [0.2, 0.25) is 0 Å². The highest BCUT2D eigenvalue weighted by atomic mass is 14.5. The van der Waals surface area contributed by atoms with E-state index in [9.17, 15) is 0 Å². The molecule has 15 heavy (non-hydrogen) atoms. The van der Waals surface area contributed by atoms with Crippen LogP contribution in [0.25, 0.3) is 0 Å². The molecule has 2 N–H and O–H groups in total. The molecule has 0 aliphatic carbocycles. The second-order valence-corrected chi connectivity index (χ2v) is 4.81. The highest BCUT2D eigenvalue weighted by Crippen LogP contribution is 2.22. The van der Waals surface area contributed by atoms with Gasteiger partial charge in [0.1, 0.15) is 0 Å². The lowest BCUT2D eigenvalue weighted by atomic mass is 9.91. The number of nitrogens with two attached hydrogens (primary N) is 1. The van der Waals surface area contributed by atoms with Crippen LogP contribution < -0.4 is 5.73 Å². The standard InChI is InChI=1S/C14H23N/c1-11(2)4-7-14(10-15)13-8-5-12(3)6-9-13/h5-6,8-9,11,14H,4,7,10,15H2,1-3H3. The second kappa shape index (κ2) is 5.92. The van der Waals surface area contributed by atoms with Crippen molar-refractivity contribution in [1.82, 2.24) is 0 Å². The van der Waals surface area contributed by atoms with Gasteiger partial charge >= 0.3 is 0 Å². The smallest absolute Gasteiger partial charge is 0.000824 e. The van der Waals surface area contributed by atoms with Gasteiger partial charge in [-0.1, -0.05) is 50.1 Å². The minimum absolute atomic E-state index is 0.535. The Kier molecular flexibility index (Phi) is 4.83. The molecule has 0 amide bonds. The van der Waals surface area contributed by atoms with Crippen molar-refractivity contribution in [3.63, 3.8) is 0 Å². The fraction of sp³-hybridized carbons (Fsp3) is 0.571. The molecular weight excluding hydrogens is 182 g/mol. The third-order valence-electron chi connectivity index (χ3n) is 2.93. The van der Waals surface area contributed by atoms with Crippen LogP contribution >= 0.6 is 0 Å². The van der Waals surface area contributed by atoms with Gasteiger partial charge < -0.3 is 5.73 Å². The van der Waals surface area contributed by atoms with E-state index in [2.05, 4.69) is 45.0 Å². The van der Waals surface area contributed by atoms with Crippen molar-refractivity contribution >= 4 is 0 Å². The highest BCUT2D eigenvalue weighted by Gasteiger charge is 2.09. The minimum atomic E-state index is 0.535. The van der Waals surface area contributed by atoms with E-state index in [1.54, 1.807) is 0 Å². The molecule has 1 heteroatoms. The molecule has 0 saturated carbocycles. The van der Waals surface area contributed by atoms with Gasteiger partial charge in [-0.15, -0.1) is 0 Å². The number of benzene rings is 1. The Balaban J connectivity index is 2.61. The monoisotopic (exact) mass is 205 g/mol. The number of rotatable bonds is 5. The Labute approximate surface area is 93.7 Å². The SMILES string of the molecule is Cc1ccc(C(CN)CCC(C)C)cc1. The van der Waals surface area contributed by atoms with Crippen molar-refractivity contribution in [2.75, 3.05) is 6.54 Å². The Bertz CT molecular complexity index is 274. The summed E-state index contributed by atoms with van der Waals surface area (Å²) in [5.41, 5.74) is 8.54. The maximum absolute atomic E-state index is 5.83. The fourth-order valence-corrected chi connectivity index (χ4v) is 1.79. The first-order chi connectivity index (χ1) is 7.13. The minimum Gasteiger partial charge on any atom is -0.330 e. The van der Waals surface area contributed by atoms with Gasteiger partial charge in [0.2, 0.25) is 0 Å². The largest absolute Gasteiger partial charge is 0.330 e. The summed E-state index contributed by atoms with van der Waals surface area (Å²) in [6.07, 6.45) is 2.47. The normalized spacial score (nSPS) is 13.1. The van der Waals surface area contributed by atoms with Crippen LogP contribution in [0.1, 0.15) is 43.7 Å². The zero-order valence-electron chi connectivity index (χ0n) is 10.2. The Morgan fingerprint density at radius 1 is 1.07 bits per heavy atom. The lowest BCUT2D eigenvalue weighted by Crippen LogP contribution is -2.13. The molecule has 0 bridgehead atoms. The van der Waals surface area contributed by atoms with Crippen LogP contribution in [-0.2, 0) is 0 Å². The second-order valence-electron chi connectivity index (χ2n) is 4.81. The van der Waals surface area contributed by atoms with Crippen molar-refractivity contribution in [2.45, 2.75) is 39.5 Å². The van der Waals surface area contributed by atoms with E-state index >= 15 is 0 Å². The van der Waals surface area contributed by atoms with Crippen molar-refractivity contribution in [1.29, 1.82) is 0 Å². The first-order valence-corrected chi connectivity index (χ1v) is 5.90. The zero-order valence-corrected chi connectivity index (χ0v) is 10.2. The van der Waals surface area contributed by atoms with Crippen LogP contribution in [0.15, 0.2) is 24.3 Å². The van der Waals surface area contributed by atoms with Crippen LogP contribution in [-0.4, -0.2) is 6.54 Å². The summed E-state index contributed by atoms with van der Waals surface area (Å²) in [7, 11) is 0. The summed E-state index contributed by atoms with van der Waals surface area (Å²) in [6.45, 7) is 7.41.